The molecule has 7 nitrogen and oxygen atoms in total. The Kier molecular flexibility index (Phi) is 4.75. The fourth-order valence-electron chi connectivity index (χ4n) is 3.81. The van der Waals surface area contributed by atoms with E-state index in [9.17, 15) is 9.90 Å². The monoisotopic (exact) mass is 426 g/mol. The van der Waals surface area contributed by atoms with E-state index < -0.39 is 5.60 Å². The van der Waals surface area contributed by atoms with Crippen molar-refractivity contribution in [1.29, 1.82) is 0 Å². The van der Waals surface area contributed by atoms with Crippen LogP contribution in [-0.4, -0.2) is 31.1 Å². The predicted molar refractivity (Wildman–Crippen MR) is 123 cm³/mol. The second kappa shape index (κ2) is 7.62. The van der Waals surface area contributed by atoms with E-state index in [1.54, 1.807) is 38.4 Å². The van der Waals surface area contributed by atoms with E-state index in [0.717, 1.165) is 27.6 Å². The summed E-state index contributed by atoms with van der Waals surface area (Å²) < 4.78 is 7.44. The maximum Gasteiger partial charge on any atom is 0.258 e. The van der Waals surface area contributed by atoms with Crippen molar-refractivity contribution in [2.45, 2.75) is 26.0 Å². The van der Waals surface area contributed by atoms with E-state index in [4.69, 9.17) is 4.42 Å². The van der Waals surface area contributed by atoms with Crippen molar-refractivity contribution in [2.24, 2.45) is 0 Å². The molecule has 0 aliphatic heterocycles. The third-order valence-electron chi connectivity index (χ3n) is 5.20. The second-order valence-corrected chi connectivity index (χ2v) is 8.35. The summed E-state index contributed by atoms with van der Waals surface area (Å²) in [5.41, 5.74) is 3.23. The molecule has 1 amide bonds. The Morgan fingerprint density at radius 1 is 1.12 bits per heavy atom. The first kappa shape index (κ1) is 20.0. The summed E-state index contributed by atoms with van der Waals surface area (Å²) in [6.07, 6.45) is 3.24. The summed E-state index contributed by atoms with van der Waals surface area (Å²) in [6, 6.07) is 18.7. The van der Waals surface area contributed by atoms with Gasteiger partial charge in [-0.2, -0.15) is 0 Å². The number of imidazole rings is 1. The van der Waals surface area contributed by atoms with Gasteiger partial charge in [-0.05, 0) is 50.2 Å². The largest absolute Gasteiger partial charge is 0.464 e. The van der Waals surface area contributed by atoms with E-state index in [1.807, 2.05) is 53.1 Å². The highest BCUT2D eigenvalue weighted by Crippen LogP contribution is 2.29. The third-order valence-corrected chi connectivity index (χ3v) is 5.20. The molecule has 5 rings (SSSR count). The average Bonchev–Trinajstić information content (AvgIpc) is 3.38. The normalized spacial score (nSPS) is 11.8. The number of carbonyl (C=O) groups excluding carboxylic acids is 1. The highest BCUT2D eigenvalue weighted by Gasteiger charge is 2.21. The number of benzene rings is 2. The van der Waals surface area contributed by atoms with Gasteiger partial charge in [0.2, 0.25) is 5.95 Å². The van der Waals surface area contributed by atoms with Gasteiger partial charge < -0.3 is 14.1 Å². The van der Waals surface area contributed by atoms with Crippen LogP contribution in [0.3, 0.4) is 0 Å². The fraction of sp³-hybridized carbons (Fsp3) is 0.160. The zero-order chi connectivity index (χ0) is 22.3. The van der Waals surface area contributed by atoms with E-state index in [1.165, 1.54) is 0 Å². The van der Waals surface area contributed by atoms with Gasteiger partial charge in [0.05, 0.1) is 35.1 Å². The topological polar surface area (TPSA) is 93.2 Å². The average molecular weight is 426 g/mol. The molecule has 3 aromatic heterocycles. The van der Waals surface area contributed by atoms with Crippen molar-refractivity contribution in [3.63, 3.8) is 0 Å². The zero-order valence-electron chi connectivity index (χ0n) is 17.7. The van der Waals surface area contributed by atoms with Gasteiger partial charge in [0.15, 0.2) is 0 Å². The Morgan fingerprint density at radius 2 is 1.97 bits per heavy atom. The van der Waals surface area contributed by atoms with Crippen LogP contribution in [0.4, 0.5) is 5.95 Å². The SMILES string of the molecule is CC(C)(O)Cn1c(NC(=O)c2ccnc(-c3cccc4ccoc34)c2)nc2ccccc21. The minimum Gasteiger partial charge on any atom is -0.464 e. The first-order valence-corrected chi connectivity index (χ1v) is 10.3. The van der Waals surface area contributed by atoms with E-state index in [2.05, 4.69) is 15.3 Å². The molecule has 7 heteroatoms. The van der Waals surface area contributed by atoms with Crippen molar-refractivity contribution in [1.82, 2.24) is 14.5 Å². The number of hydrogen-bond acceptors (Lipinski definition) is 5. The Hall–Kier alpha value is -3.97. The summed E-state index contributed by atoms with van der Waals surface area (Å²) in [5, 5.41) is 14.2. The summed E-state index contributed by atoms with van der Waals surface area (Å²) in [4.78, 5) is 22.1. The van der Waals surface area contributed by atoms with E-state index >= 15 is 0 Å². The van der Waals surface area contributed by atoms with E-state index in [-0.39, 0.29) is 12.5 Å². The fourth-order valence-corrected chi connectivity index (χ4v) is 3.81. The van der Waals surface area contributed by atoms with Gasteiger partial charge in [-0.3, -0.25) is 15.1 Å². The molecule has 0 atom stereocenters. The van der Waals surface area contributed by atoms with Crippen LogP contribution in [0.25, 0.3) is 33.3 Å². The number of nitrogens with zero attached hydrogens (tertiary/aromatic N) is 3. The highest BCUT2D eigenvalue weighted by molar-refractivity contribution is 6.05. The molecule has 3 heterocycles. The maximum atomic E-state index is 13.1. The smallest absolute Gasteiger partial charge is 0.258 e. The first-order chi connectivity index (χ1) is 15.4. The quantitative estimate of drug-likeness (QED) is 0.418. The standard InChI is InChI=1S/C25H22N4O3/c1-25(2,31)15-29-21-9-4-3-8-19(21)27-24(29)28-23(30)17-10-12-26-20(14-17)18-7-5-6-16-11-13-32-22(16)18/h3-14,31H,15H2,1-2H3,(H,27,28,30). The van der Waals surface area contributed by atoms with Gasteiger partial charge in [-0.15, -0.1) is 0 Å². The molecule has 0 aliphatic rings. The lowest BCUT2D eigenvalue weighted by Crippen LogP contribution is -2.27. The molecule has 0 fully saturated rings. The minimum atomic E-state index is -0.978. The number of pyridine rings is 1. The van der Waals surface area contributed by atoms with Crippen LogP contribution in [0.15, 0.2) is 77.5 Å². The number of aromatic nitrogens is 3. The minimum absolute atomic E-state index is 0.283. The van der Waals surface area contributed by atoms with Gasteiger partial charge in [-0.25, -0.2) is 4.98 Å². The number of furan rings is 1. The Morgan fingerprint density at radius 3 is 2.81 bits per heavy atom. The first-order valence-electron chi connectivity index (χ1n) is 10.3. The molecule has 0 aliphatic carbocycles. The Labute approximate surface area is 184 Å². The van der Waals surface area contributed by atoms with Gasteiger partial charge in [0.25, 0.3) is 5.91 Å². The van der Waals surface area contributed by atoms with Gasteiger partial charge in [0, 0.05) is 22.7 Å². The number of anilines is 1. The highest BCUT2D eigenvalue weighted by atomic mass is 16.3. The zero-order valence-corrected chi connectivity index (χ0v) is 17.7. The molecule has 0 bridgehead atoms. The van der Waals surface area contributed by atoms with E-state index in [0.29, 0.717) is 17.2 Å². The Balaban J connectivity index is 1.50. The second-order valence-electron chi connectivity index (χ2n) is 8.35. The Bertz CT molecular complexity index is 1440. The number of para-hydroxylation sites is 3. The number of fused-ring (bicyclic) bond motifs is 2. The van der Waals surface area contributed by atoms with Crippen LogP contribution in [0.5, 0.6) is 0 Å². The molecule has 0 saturated carbocycles. The summed E-state index contributed by atoms with van der Waals surface area (Å²) in [5.74, 6) is 0.0670. The third kappa shape index (κ3) is 3.74. The number of nitrogens with one attached hydrogen (secondary N) is 1. The van der Waals surface area contributed by atoms with Crippen molar-refractivity contribution >= 4 is 33.9 Å². The lowest BCUT2D eigenvalue weighted by atomic mass is 10.1. The molecule has 0 unspecified atom stereocenters. The van der Waals surface area contributed by atoms with Crippen LogP contribution in [-0.2, 0) is 6.54 Å². The van der Waals surface area contributed by atoms with Gasteiger partial charge in [-0.1, -0.05) is 24.3 Å². The number of amides is 1. The molecule has 160 valence electrons. The molecule has 0 saturated heterocycles. The molecule has 2 N–H and O–H groups in total. The van der Waals surface area contributed by atoms with Crippen LogP contribution in [0, 0.1) is 0 Å². The summed E-state index contributed by atoms with van der Waals surface area (Å²) in [7, 11) is 0. The van der Waals surface area contributed by atoms with Crippen LogP contribution < -0.4 is 5.32 Å². The van der Waals surface area contributed by atoms with Crippen molar-refractivity contribution in [3.8, 4) is 11.3 Å². The number of rotatable bonds is 5. The van der Waals surface area contributed by atoms with Gasteiger partial charge >= 0.3 is 0 Å². The number of carbonyl (C=O) groups is 1. The predicted octanol–water partition coefficient (Wildman–Crippen LogP) is 4.87. The van der Waals surface area contributed by atoms with Crippen LogP contribution in [0.1, 0.15) is 24.2 Å². The molecular weight excluding hydrogens is 404 g/mol. The molecule has 5 aromatic rings. The van der Waals surface area contributed by atoms with Crippen molar-refractivity contribution in [3.05, 3.63) is 78.7 Å². The number of hydrogen-bond donors (Lipinski definition) is 2. The lowest BCUT2D eigenvalue weighted by molar-refractivity contribution is 0.0630. The maximum absolute atomic E-state index is 13.1. The van der Waals surface area contributed by atoms with Crippen molar-refractivity contribution < 1.29 is 14.3 Å². The molecule has 2 aromatic carbocycles. The molecule has 32 heavy (non-hydrogen) atoms. The summed E-state index contributed by atoms with van der Waals surface area (Å²) in [6.45, 7) is 3.72. The molecular formula is C25H22N4O3. The van der Waals surface area contributed by atoms with Crippen molar-refractivity contribution in [2.75, 3.05) is 5.32 Å². The van der Waals surface area contributed by atoms with Crippen LogP contribution in [0.2, 0.25) is 0 Å². The molecule has 0 radical (unpaired) electrons. The lowest BCUT2D eigenvalue weighted by Gasteiger charge is -2.20. The number of aliphatic hydroxyl groups is 1. The van der Waals surface area contributed by atoms with Crippen LogP contribution >= 0.6 is 0 Å². The van der Waals surface area contributed by atoms with Gasteiger partial charge in [0.1, 0.15) is 5.58 Å². The molecule has 0 spiro atoms. The summed E-state index contributed by atoms with van der Waals surface area (Å²) >= 11 is 0.